The second-order valence-electron chi connectivity index (χ2n) is 6.99. The minimum Gasteiger partial charge on any atom is -0.486 e. The third kappa shape index (κ3) is 4.51. The molecule has 0 radical (unpaired) electrons. The fourth-order valence-electron chi connectivity index (χ4n) is 3.47. The van der Waals surface area contributed by atoms with Gasteiger partial charge in [0.15, 0.2) is 11.5 Å². The van der Waals surface area contributed by atoms with E-state index in [9.17, 15) is 14.4 Å². The molecule has 4 rings (SSSR count). The first-order chi connectivity index (χ1) is 15.6. The predicted octanol–water partition coefficient (Wildman–Crippen LogP) is 2.49. The van der Waals surface area contributed by atoms with Crippen LogP contribution in [0.25, 0.3) is 0 Å². The van der Waals surface area contributed by atoms with Crippen molar-refractivity contribution in [1.29, 1.82) is 0 Å². The normalized spacial score (nSPS) is 17.2. The van der Waals surface area contributed by atoms with Crippen LogP contribution in [0.2, 0.25) is 0 Å². The molecule has 0 spiro atoms. The lowest BCUT2D eigenvalue weighted by Crippen LogP contribution is -2.47. The summed E-state index contributed by atoms with van der Waals surface area (Å²) in [6.45, 7) is 2.35. The smallest absolute Gasteiger partial charge is 0.338 e. The van der Waals surface area contributed by atoms with Crippen molar-refractivity contribution < 1.29 is 33.3 Å². The molecule has 1 atom stereocenters. The monoisotopic (exact) mass is 438 g/mol. The largest absolute Gasteiger partial charge is 0.486 e. The van der Waals surface area contributed by atoms with Crippen molar-refractivity contribution in [2.45, 2.75) is 13.0 Å². The van der Waals surface area contributed by atoms with E-state index in [1.165, 1.54) is 6.07 Å². The molecule has 2 aromatic carbocycles. The average Bonchev–Trinajstić information content (AvgIpc) is 2.82. The molecule has 0 aromatic heterocycles. The molecular weight excluding hydrogens is 416 g/mol. The van der Waals surface area contributed by atoms with Gasteiger partial charge >= 0.3 is 18.0 Å². The number of fused-ring (bicyclic) bond motifs is 1. The Bertz CT molecular complexity index is 1070. The highest BCUT2D eigenvalue weighted by molar-refractivity contribution is 5.95. The highest BCUT2D eigenvalue weighted by Gasteiger charge is 2.34. The molecule has 0 bridgehead atoms. The first kappa shape index (κ1) is 21.2. The number of esters is 2. The Morgan fingerprint density at radius 1 is 1.00 bits per heavy atom. The standard InChI is InChI=1S/C23H22N2O7/c1-2-29-22(27)19-16(24-23(28)25-20(19)14-6-4-3-5-7-14)13-32-21(26)15-8-9-17-18(12-15)31-11-10-30-17/h3-9,12,20H,2,10-11,13H2,1H3,(H2,24,25,28)/t20-/m1/s1. The quantitative estimate of drug-likeness (QED) is 0.667. The van der Waals surface area contributed by atoms with Gasteiger partial charge in [0.25, 0.3) is 0 Å². The number of urea groups is 1. The van der Waals surface area contributed by atoms with Crippen LogP contribution in [0.3, 0.4) is 0 Å². The number of amides is 2. The van der Waals surface area contributed by atoms with E-state index < -0.39 is 24.0 Å². The van der Waals surface area contributed by atoms with Crippen molar-refractivity contribution in [3.05, 3.63) is 70.9 Å². The van der Waals surface area contributed by atoms with Crippen molar-refractivity contribution in [3.63, 3.8) is 0 Å². The van der Waals surface area contributed by atoms with Gasteiger partial charge in [-0.2, -0.15) is 0 Å². The fraction of sp³-hybridized carbons (Fsp3) is 0.261. The van der Waals surface area contributed by atoms with Crippen LogP contribution in [0.5, 0.6) is 11.5 Å². The van der Waals surface area contributed by atoms with Gasteiger partial charge in [-0.1, -0.05) is 30.3 Å². The molecular formula is C23H22N2O7. The molecule has 2 heterocycles. The molecule has 0 fully saturated rings. The van der Waals surface area contributed by atoms with Crippen molar-refractivity contribution >= 4 is 18.0 Å². The van der Waals surface area contributed by atoms with Crippen molar-refractivity contribution in [2.75, 3.05) is 26.4 Å². The molecule has 2 aromatic rings. The molecule has 0 aliphatic carbocycles. The van der Waals surface area contributed by atoms with Gasteiger partial charge in [0.1, 0.15) is 19.8 Å². The Hall–Kier alpha value is -4.01. The first-order valence-electron chi connectivity index (χ1n) is 10.2. The first-order valence-corrected chi connectivity index (χ1v) is 10.2. The molecule has 166 valence electrons. The summed E-state index contributed by atoms with van der Waals surface area (Å²) in [5, 5.41) is 5.29. The molecule has 2 amide bonds. The number of nitrogens with one attached hydrogen (secondary N) is 2. The zero-order valence-corrected chi connectivity index (χ0v) is 17.4. The van der Waals surface area contributed by atoms with Gasteiger partial charge in [-0.05, 0) is 30.7 Å². The fourth-order valence-corrected chi connectivity index (χ4v) is 3.47. The highest BCUT2D eigenvalue weighted by Crippen LogP contribution is 2.31. The van der Waals surface area contributed by atoms with Gasteiger partial charge in [-0.15, -0.1) is 0 Å². The Kier molecular flexibility index (Phi) is 6.25. The summed E-state index contributed by atoms with van der Waals surface area (Å²) in [6, 6.07) is 12.5. The lowest BCUT2D eigenvalue weighted by molar-refractivity contribution is -0.139. The second-order valence-corrected chi connectivity index (χ2v) is 6.99. The van der Waals surface area contributed by atoms with Crippen molar-refractivity contribution in [3.8, 4) is 11.5 Å². The molecule has 32 heavy (non-hydrogen) atoms. The molecule has 9 nitrogen and oxygen atoms in total. The van der Waals surface area contributed by atoms with E-state index in [0.29, 0.717) is 30.3 Å². The van der Waals surface area contributed by atoms with Crippen LogP contribution >= 0.6 is 0 Å². The Morgan fingerprint density at radius 2 is 1.75 bits per heavy atom. The molecule has 0 saturated carbocycles. The topological polar surface area (TPSA) is 112 Å². The van der Waals surface area contributed by atoms with Gasteiger partial charge in [0.2, 0.25) is 0 Å². The summed E-state index contributed by atoms with van der Waals surface area (Å²) in [4.78, 5) is 37.6. The Morgan fingerprint density at radius 3 is 2.50 bits per heavy atom. The summed E-state index contributed by atoms with van der Waals surface area (Å²) in [5.74, 6) is -0.242. The lowest BCUT2D eigenvalue weighted by atomic mass is 9.95. The third-order valence-electron chi connectivity index (χ3n) is 4.91. The minimum atomic E-state index is -0.744. The van der Waals surface area contributed by atoms with Crippen LogP contribution in [-0.4, -0.2) is 44.4 Å². The van der Waals surface area contributed by atoms with Crippen LogP contribution in [0.1, 0.15) is 28.9 Å². The number of hydrogen-bond donors (Lipinski definition) is 2. The molecule has 2 aliphatic heterocycles. The van der Waals surface area contributed by atoms with Gasteiger partial charge in [-0.25, -0.2) is 14.4 Å². The maximum absolute atomic E-state index is 12.7. The van der Waals surface area contributed by atoms with Crippen LogP contribution in [0.4, 0.5) is 4.79 Å². The molecule has 0 unspecified atom stereocenters. The maximum atomic E-state index is 12.7. The zero-order valence-electron chi connectivity index (χ0n) is 17.4. The van der Waals surface area contributed by atoms with Crippen molar-refractivity contribution in [2.24, 2.45) is 0 Å². The van der Waals surface area contributed by atoms with E-state index in [1.54, 1.807) is 43.3 Å². The Balaban J connectivity index is 1.59. The summed E-state index contributed by atoms with van der Waals surface area (Å²) in [5.41, 5.74) is 1.29. The van der Waals surface area contributed by atoms with E-state index in [1.807, 2.05) is 6.07 Å². The summed E-state index contributed by atoms with van der Waals surface area (Å²) < 4.78 is 21.5. The maximum Gasteiger partial charge on any atom is 0.338 e. The summed E-state index contributed by atoms with van der Waals surface area (Å²) >= 11 is 0. The van der Waals surface area contributed by atoms with Crippen molar-refractivity contribution in [1.82, 2.24) is 10.6 Å². The lowest BCUT2D eigenvalue weighted by Gasteiger charge is -2.29. The number of ether oxygens (including phenoxy) is 4. The summed E-state index contributed by atoms with van der Waals surface area (Å²) in [6.07, 6.45) is 0. The predicted molar refractivity (Wildman–Crippen MR) is 112 cm³/mol. The van der Waals surface area contributed by atoms with Gasteiger partial charge in [0.05, 0.1) is 29.5 Å². The molecule has 2 N–H and O–H groups in total. The number of rotatable bonds is 6. The highest BCUT2D eigenvalue weighted by atomic mass is 16.6. The van der Waals surface area contributed by atoms with Crippen LogP contribution in [0, 0.1) is 0 Å². The van der Waals surface area contributed by atoms with Crippen LogP contribution in [-0.2, 0) is 14.3 Å². The van der Waals surface area contributed by atoms with Gasteiger partial charge < -0.3 is 29.6 Å². The number of carbonyl (C=O) groups excluding carboxylic acids is 3. The number of benzene rings is 2. The van der Waals surface area contributed by atoms with Gasteiger partial charge in [-0.3, -0.25) is 0 Å². The van der Waals surface area contributed by atoms with Crippen LogP contribution in [0.15, 0.2) is 59.8 Å². The third-order valence-corrected chi connectivity index (χ3v) is 4.91. The van der Waals surface area contributed by atoms with E-state index in [-0.39, 0.29) is 30.0 Å². The van der Waals surface area contributed by atoms with Crippen LogP contribution < -0.4 is 20.1 Å². The van der Waals surface area contributed by atoms with E-state index in [4.69, 9.17) is 18.9 Å². The SMILES string of the molecule is CCOC(=O)C1=C(COC(=O)c2ccc3c(c2)OCCO3)NC(=O)N[C@@H]1c1ccccc1. The molecule has 0 saturated heterocycles. The summed E-state index contributed by atoms with van der Waals surface area (Å²) in [7, 11) is 0. The molecule has 2 aliphatic rings. The molecule has 9 heteroatoms. The Labute approximate surface area is 184 Å². The van der Waals surface area contributed by atoms with E-state index >= 15 is 0 Å². The average molecular weight is 438 g/mol. The van der Waals surface area contributed by atoms with E-state index in [0.717, 1.165) is 0 Å². The number of carbonyl (C=O) groups is 3. The zero-order chi connectivity index (χ0) is 22.5. The van der Waals surface area contributed by atoms with E-state index in [2.05, 4.69) is 10.6 Å². The number of hydrogen-bond acceptors (Lipinski definition) is 7. The minimum absolute atomic E-state index is 0.155. The van der Waals surface area contributed by atoms with Gasteiger partial charge in [0, 0.05) is 0 Å². The second kappa shape index (κ2) is 9.42.